The summed E-state index contributed by atoms with van der Waals surface area (Å²) in [7, 11) is 0. The van der Waals surface area contributed by atoms with Gasteiger partial charge in [-0.05, 0) is 134 Å². The van der Waals surface area contributed by atoms with Crippen molar-refractivity contribution in [3.05, 3.63) is 58.9 Å². The topological polar surface area (TPSA) is 99.5 Å². The number of nitrogens with zero attached hydrogens (tertiary/aromatic N) is 3. The number of halogens is 1. The summed E-state index contributed by atoms with van der Waals surface area (Å²) in [6, 6.07) is 10.8. The van der Waals surface area contributed by atoms with Crippen molar-refractivity contribution in [1.29, 1.82) is 0 Å². The second-order valence-corrected chi connectivity index (χ2v) is 13.5. The molecule has 1 aliphatic carbocycles. The molecule has 2 heterocycles. The Morgan fingerprint density at radius 3 is 2.37 bits per heavy atom. The second kappa shape index (κ2) is 12.7. The number of carbonyl (C=O) groups excluding carboxylic acids is 2. The molecule has 0 atom stereocenters. The number of nitrogens with one attached hydrogen (secondary N) is 2. The number of aryl methyl sites for hydroxylation is 1. The van der Waals surface area contributed by atoms with Gasteiger partial charge >= 0.3 is 0 Å². The molecule has 2 fully saturated rings. The van der Waals surface area contributed by atoms with Crippen molar-refractivity contribution >= 4 is 28.8 Å². The highest BCUT2D eigenvalue weighted by atomic mass is 19.1. The fourth-order valence-corrected chi connectivity index (χ4v) is 6.79. The third-order valence-corrected chi connectivity index (χ3v) is 9.14. The van der Waals surface area contributed by atoms with Crippen molar-refractivity contribution in [2.24, 2.45) is 11.8 Å². The van der Waals surface area contributed by atoms with Gasteiger partial charge in [0.15, 0.2) is 0 Å². The normalized spacial score (nSPS) is 20.5. The summed E-state index contributed by atoms with van der Waals surface area (Å²) in [6.07, 6.45) is 5.03. The number of carbonyl (C=O) groups is 2. The number of imidazole rings is 1. The molecular weight excluding hydrogens is 545 g/mol. The van der Waals surface area contributed by atoms with Gasteiger partial charge in [0.2, 0.25) is 11.9 Å². The van der Waals surface area contributed by atoms with Crippen LogP contribution >= 0.6 is 0 Å². The fourth-order valence-electron chi connectivity index (χ4n) is 6.79. The van der Waals surface area contributed by atoms with Crippen molar-refractivity contribution in [2.45, 2.75) is 97.4 Å². The number of piperidine rings is 1. The average molecular weight is 592 g/mol. The monoisotopic (exact) mass is 591 g/mol. The van der Waals surface area contributed by atoms with E-state index in [9.17, 15) is 19.1 Å². The Bertz CT molecular complexity index is 1440. The largest absolute Gasteiger partial charge is 0.390 e. The maximum absolute atomic E-state index is 14.1. The predicted molar refractivity (Wildman–Crippen MR) is 167 cm³/mol. The summed E-state index contributed by atoms with van der Waals surface area (Å²) in [6.45, 7) is 12.2. The van der Waals surface area contributed by atoms with Gasteiger partial charge in [0.25, 0.3) is 5.91 Å². The highest BCUT2D eigenvalue weighted by molar-refractivity contribution is 6.04. The SMILES string of the molecule is Cc1cc(F)cc(C(=O)Nc2nc3ccc(CN4CCC(C(C)(C)O)CC4)cc3n2C2CCC(C(=O)NC(C)C)CC2)c1. The van der Waals surface area contributed by atoms with Gasteiger partial charge in [-0.3, -0.25) is 19.8 Å². The zero-order chi connectivity index (χ0) is 30.9. The van der Waals surface area contributed by atoms with E-state index in [1.54, 1.807) is 13.0 Å². The standard InChI is InChI=1S/C34H46FN5O3/c1-21(2)36-31(41)24-7-9-28(10-8-24)40-30-18-23(20-39-14-12-26(13-15-39)34(4,5)43)6-11-29(30)37-33(40)38-32(42)25-16-22(3)17-27(35)19-25/h6,11,16-19,21,24,26,28,43H,7-10,12-15,20H2,1-5H3,(H,36,41)(H,37,38,42). The van der Waals surface area contributed by atoms with E-state index >= 15 is 0 Å². The van der Waals surface area contributed by atoms with Gasteiger partial charge in [-0.1, -0.05) is 6.07 Å². The molecule has 1 aliphatic heterocycles. The van der Waals surface area contributed by atoms with Gasteiger partial charge in [0.05, 0.1) is 16.6 Å². The molecule has 232 valence electrons. The summed E-state index contributed by atoms with van der Waals surface area (Å²) >= 11 is 0. The van der Waals surface area contributed by atoms with E-state index in [1.165, 1.54) is 17.7 Å². The first-order chi connectivity index (χ1) is 20.4. The summed E-state index contributed by atoms with van der Waals surface area (Å²) in [5.41, 5.74) is 3.17. The van der Waals surface area contributed by atoms with Crippen LogP contribution < -0.4 is 10.6 Å². The maximum atomic E-state index is 14.1. The van der Waals surface area contributed by atoms with Crippen molar-refractivity contribution in [3.8, 4) is 0 Å². The number of benzene rings is 2. The first-order valence-electron chi connectivity index (χ1n) is 15.7. The Hall–Kier alpha value is -3.30. The molecule has 2 aliphatic rings. The molecule has 1 aromatic heterocycles. The van der Waals surface area contributed by atoms with Gasteiger partial charge in [-0.2, -0.15) is 0 Å². The number of aromatic nitrogens is 2. The molecule has 1 saturated heterocycles. The highest BCUT2D eigenvalue weighted by Gasteiger charge is 2.32. The quantitative estimate of drug-likeness (QED) is 0.300. The Kier molecular flexibility index (Phi) is 9.23. The highest BCUT2D eigenvalue weighted by Crippen LogP contribution is 2.37. The minimum atomic E-state index is -0.656. The van der Waals surface area contributed by atoms with Crippen LogP contribution in [0.15, 0.2) is 36.4 Å². The number of amides is 2. The lowest BCUT2D eigenvalue weighted by molar-refractivity contribution is -0.126. The first kappa shape index (κ1) is 31.1. The van der Waals surface area contributed by atoms with E-state index in [2.05, 4.69) is 32.2 Å². The van der Waals surface area contributed by atoms with E-state index in [4.69, 9.17) is 4.98 Å². The lowest BCUT2D eigenvalue weighted by Gasteiger charge is -2.37. The van der Waals surface area contributed by atoms with Gasteiger partial charge in [0, 0.05) is 30.1 Å². The number of fused-ring (bicyclic) bond motifs is 1. The number of hydrogen-bond acceptors (Lipinski definition) is 5. The molecule has 3 aromatic rings. The lowest BCUT2D eigenvalue weighted by atomic mass is 9.83. The van der Waals surface area contributed by atoms with E-state index in [1.807, 2.05) is 33.8 Å². The van der Waals surface area contributed by atoms with Crippen LogP contribution in [0.5, 0.6) is 0 Å². The Balaban J connectivity index is 1.41. The van der Waals surface area contributed by atoms with Crippen molar-refractivity contribution in [2.75, 3.05) is 18.4 Å². The van der Waals surface area contributed by atoms with Crippen molar-refractivity contribution < 1.29 is 19.1 Å². The minimum Gasteiger partial charge on any atom is -0.390 e. The Morgan fingerprint density at radius 2 is 1.74 bits per heavy atom. The van der Waals surface area contributed by atoms with Crippen molar-refractivity contribution in [1.82, 2.24) is 19.8 Å². The van der Waals surface area contributed by atoms with Gasteiger partial charge in [-0.15, -0.1) is 0 Å². The smallest absolute Gasteiger partial charge is 0.258 e. The van der Waals surface area contributed by atoms with Crippen LogP contribution in [0, 0.1) is 24.6 Å². The van der Waals surface area contributed by atoms with Gasteiger partial charge < -0.3 is 15.0 Å². The lowest BCUT2D eigenvalue weighted by Crippen LogP contribution is -2.41. The van der Waals surface area contributed by atoms with Gasteiger partial charge in [-0.25, -0.2) is 9.37 Å². The first-order valence-corrected chi connectivity index (χ1v) is 15.7. The number of hydrogen-bond donors (Lipinski definition) is 3. The molecule has 0 bridgehead atoms. The molecular formula is C34H46FN5O3. The van der Waals surface area contributed by atoms with Crippen molar-refractivity contribution in [3.63, 3.8) is 0 Å². The predicted octanol–water partition coefficient (Wildman–Crippen LogP) is 5.97. The summed E-state index contributed by atoms with van der Waals surface area (Å²) < 4.78 is 16.2. The molecule has 2 aromatic carbocycles. The van der Waals surface area contributed by atoms with Crippen LogP contribution in [0.25, 0.3) is 11.0 Å². The zero-order valence-corrected chi connectivity index (χ0v) is 26.1. The van der Waals surface area contributed by atoms with E-state index in [0.717, 1.165) is 69.2 Å². The second-order valence-electron chi connectivity index (χ2n) is 13.5. The van der Waals surface area contributed by atoms with Crippen LogP contribution in [0.4, 0.5) is 10.3 Å². The average Bonchev–Trinajstić information content (AvgIpc) is 3.29. The molecule has 9 heteroatoms. The molecule has 5 rings (SSSR count). The van der Waals surface area contributed by atoms with Crippen LogP contribution in [-0.4, -0.2) is 56.1 Å². The molecule has 0 unspecified atom stereocenters. The molecule has 8 nitrogen and oxygen atoms in total. The van der Waals surface area contributed by atoms with E-state index in [0.29, 0.717) is 17.4 Å². The summed E-state index contributed by atoms with van der Waals surface area (Å²) in [4.78, 5) is 33.3. The van der Waals surface area contributed by atoms with Crippen LogP contribution in [0.1, 0.15) is 93.7 Å². The van der Waals surface area contributed by atoms with Crippen LogP contribution in [-0.2, 0) is 11.3 Å². The zero-order valence-electron chi connectivity index (χ0n) is 26.1. The summed E-state index contributed by atoms with van der Waals surface area (Å²) in [5, 5.41) is 16.5. The maximum Gasteiger partial charge on any atom is 0.258 e. The number of likely N-dealkylation sites (tertiary alicyclic amines) is 1. The third kappa shape index (κ3) is 7.44. The number of rotatable bonds is 8. The number of aliphatic hydroxyl groups is 1. The fraction of sp³-hybridized carbons (Fsp3) is 0.559. The number of anilines is 1. The van der Waals surface area contributed by atoms with E-state index < -0.39 is 17.3 Å². The molecule has 43 heavy (non-hydrogen) atoms. The Morgan fingerprint density at radius 1 is 1.05 bits per heavy atom. The molecule has 2 amide bonds. The molecule has 0 radical (unpaired) electrons. The van der Waals surface area contributed by atoms with Crippen LogP contribution in [0.2, 0.25) is 0 Å². The van der Waals surface area contributed by atoms with Crippen LogP contribution in [0.3, 0.4) is 0 Å². The Labute approximate surface area is 254 Å². The summed E-state index contributed by atoms with van der Waals surface area (Å²) in [5.74, 6) is -0.0239. The molecule has 1 saturated carbocycles. The molecule has 3 N–H and O–H groups in total. The van der Waals surface area contributed by atoms with Gasteiger partial charge in [0.1, 0.15) is 5.82 Å². The minimum absolute atomic E-state index is 0.0240. The third-order valence-electron chi connectivity index (χ3n) is 9.14. The van der Waals surface area contributed by atoms with E-state index in [-0.39, 0.29) is 29.5 Å². The molecule has 0 spiro atoms.